The minimum atomic E-state index is -5.08. The SMILES string of the molecule is COc1ccc2c(c1)CC(C(=O)Nc1ccc(-c3cn[nH]c3)cc1OC[C@@H]1CCCN1Cc1ccccc1)CO2.O=C(O)C(F)(F)F.O=C(O)C(F)(F)F. The summed E-state index contributed by atoms with van der Waals surface area (Å²) in [5.74, 6) is -3.73. The van der Waals surface area contributed by atoms with Gasteiger partial charge in [0.15, 0.2) is 0 Å². The molecule has 0 aliphatic carbocycles. The summed E-state index contributed by atoms with van der Waals surface area (Å²) >= 11 is 0. The van der Waals surface area contributed by atoms with Crippen molar-refractivity contribution in [2.24, 2.45) is 5.92 Å². The third-order valence-corrected chi connectivity index (χ3v) is 8.26. The number of hydrogen-bond acceptors (Lipinski definition) is 8. The smallest absolute Gasteiger partial charge is 0.490 e. The first kappa shape index (κ1) is 41.0. The molecule has 4 aromatic rings. The Kier molecular flexibility index (Phi) is 13.9. The number of nitrogens with zero attached hydrogens (tertiary/aromatic N) is 2. The first-order valence-corrected chi connectivity index (χ1v) is 16.3. The summed E-state index contributed by atoms with van der Waals surface area (Å²) in [6.45, 7) is 2.83. The van der Waals surface area contributed by atoms with Gasteiger partial charge in [-0.15, -0.1) is 0 Å². The number of methoxy groups -OCH3 is 1. The maximum absolute atomic E-state index is 13.4. The largest absolute Gasteiger partial charge is 0.497 e. The number of hydrogen-bond donors (Lipinski definition) is 4. The standard InChI is InChI=1S/C32H34N4O4.2C2HF3O2/c1-38-28-10-12-30-24(15-28)14-25(20-39-30)32(37)35-29-11-9-23(26-17-33-34-18-26)16-31(29)40-21-27-8-5-13-36(27)19-22-6-3-2-4-7-22;2*3-2(4,5)1(6)7/h2-4,6-7,9-12,15-18,25,27H,5,8,13-14,19-21H2,1H3,(H,33,34)(H,35,37);2*(H,6,7)/t25?,27-;;/m0../s1. The average Bonchev–Trinajstić information content (AvgIpc) is 3.84. The van der Waals surface area contributed by atoms with Crippen LogP contribution >= 0.6 is 0 Å². The number of carbonyl (C=O) groups is 3. The van der Waals surface area contributed by atoms with E-state index in [9.17, 15) is 31.1 Å². The van der Waals surface area contributed by atoms with Crippen LogP contribution in [0.1, 0.15) is 24.0 Å². The number of benzene rings is 3. The molecule has 0 radical (unpaired) electrons. The molecule has 2 aliphatic heterocycles. The number of H-pyrrole nitrogens is 1. The molecule has 4 N–H and O–H groups in total. The number of halogens is 6. The molecule has 1 saturated heterocycles. The number of likely N-dealkylation sites (tertiary alicyclic amines) is 1. The Morgan fingerprint density at radius 2 is 1.65 bits per heavy atom. The van der Waals surface area contributed by atoms with Crippen LogP contribution in [0.4, 0.5) is 32.0 Å². The van der Waals surface area contributed by atoms with Crippen LogP contribution in [-0.2, 0) is 27.3 Å². The van der Waals surface area contributed by atoms with E-state index < -0.39 is 24.3 Å². The summed E-state index contributed by atoms with van der Waals surface area (Å²) in [5.41, 5.74) is 4.86. The fourth-order valence-corrected chi connectivity index (χ4v) is 5.53. The van der Waals surface area contributed by atoms with Gasteiger partial charge in [0.25, 0.3) is 0 Å². The molecule has 0 bridgehead atoms. The van der Waals surface area contributed by atoms with E-state index in [-0.39, 0.29) is 11.8 Å². The minimum Gasteiger partial charge on any atom is -0.497 e. The first-order valence-electron chi connectivity index (χ1n) is 16.3. The van der Waals surface area contributed by atoms with Gasteiger partial charge in [-0.3, -0.25) is 14.8 Å². The van der Waals surface area contributed by atoms with Crippen LogP contribution in [-0.4, -0.2) is 88.4 Å². The van der Waals surface area contributed by atoms with Crippen molar-refractivity contribution in [3.05, 3.63) is 90.3 Å². The third kappa shape index (κ3) is 11.9. The number of anilines is 1. The minimum absolute atomic E-state index is 0.0963. The molecule has 3 heterocycles. The third-order valence-electron chi connectivity index (χ3n) is 8.26. The van der Waals surface area contributed by atoms with Crippen LogP contribution < -0.4 is 19.5 Å². The molecule has 1 fully saturated rings. The Morgan fingerprint density at radius 3 is 2.26 bits per heavy atom. The Balaban J connectivity index is 0.000000396. The quantitative estimate of drug-likeness (QED) is 0.137. The van der Waals surface area contributed by atoms with Crippen LogP contribution in [0.15, 0.2) is 79.1 Å². The summed E-state index contributed by atoms with van der Waals surface area (Å²) < 4.78 is 81.2. The summed E-state index contributed by atoms with van der Waals surface area (Å²) in [4.78, 5) is 33.7. The highest BCUT2D eigenvalue weighted by Gasteiger charge is 2.39. The number of carbonyl (C=O) groups excluding carboxylic acids is 1. The first-order chi connectivity index (χ1) is 25.5. The van der Waals surface area contributed by atoms with Crippen molar-refractivity contribution in [3.8, 4) is 28.4 Å². The Morgan fingerprint density at radius 1 is 0.963 bits per heavy atom. The predicted molar refractivity (Wildman–Crippen MR) is 181 cm³/mol. The zero-order valence-electron chi connectivity index (χ0n) is 28.6. The number of amides is 1. The van der Waals surface area contributed by atoms with Gasteiger partial charge in [0, 0.05) is 24.3 Å². The van der Waals surface area contributed by atoms with Crippen LogP contribution in [0.25, 0.3) is 11.1 Å². The van der Waals surface area contributed by atoms with Crippen LogP contribution in [0.3, 0.4) is 0 Å². The molecule has 54 heavy (non-hydrogen) atoms. The number of aromatic nitrogens is 2. The zero-order valence-corrected chi connectivity index (χ0v) is 28.6. The number of alkyl halides is 6. The van der Waals surface area contributed by atoms with Gasteiger partial charge < -0.3 is 29.7 Å². The Hall–Kier alpha value is -5.78. The van der Waals surface area contributed by atoms with E-state index in [0.29, 0.717) is 37.1 Å². The van der Waals surface area contributed by atoms with Crippen molar-refractivity contribution < 1.29 is 65.1 Å². The van der Waals surface area contributed by atoms with Crippen molar-refractivity contribution in [2.45, 2.75) is 44.2 Å². The van der Waals surface area contributed by atoms with Gasteiger partial charge in [-0.1, -0.05) is 36.4 Å². The maximum atomic E-state index is 13.4. The van der Waals surface area contributed by atoms with Crippen molar-refractivity contribution in [3.63, 3.8) is 0 Å². The number of aromatic amines is 1. The number of carboxylic acids is 2. The summed E-state index contributed by atoms with van der Waals surface area (Å²) in [6, 6.07) is 22.4. The molecule has 1 aromatic heterocycles. The fraction of sp³-hybridized carbons (Fsp3) is 0.333. The number of fused-ring (bicyclic) bond motifs is 1. The van der Waals surface area contributed by atoms with E-state index in [1.807, 2.05) is 48.7 Å². The lowest BCUT2D eigenvalue weighted by Gasteiger charge is -2.26. The Bertz CT molecular complexity index is 1830. The molecule has 2 atom stereocenters. The normalized spacial score (nSPS) is 16.6. The van der Waals surface area contributed by atoms with Gasteiger partial charge in [-0.25, -0.2) is 9.59 Å². The van der Waals surface area contributed by atoms with Crippen molar-refractivity contribution >= 4 is 23.5 Å². The second-order valence-electron chi connectivity index (χ2n) is 12.0. The monoisotopic (exact) mass is 766 g/mol. The van der Waals surface area contributed by atoms with E-state index in [0.717, 1.165) is 54.1 Å². The second-order valence-corrected chi connectivity index (χ2v) is 12.0. The molecule has 1 amide bonds. The molecule has 18 heteroatoms. The van der Waals surface area contributed by atoms with E-state index in [1.165, 1.54) is 5.56 Å². The molecule has 0 saturated carbocycles. The number of ether oxygens (including phenoxy) is 3. The lowest BCUT2D eigenvalue weighted by Crippen LogP contribution is -2.34. The molecule has 290 valence electrons. The summed E-state index contributed by atoms with van der Waals surface area (Å²) in [7, 11) is 1.64. The van der Waals surface area contributed by atoms with Gasteiger partial charge in [0.05, 0.1) is 24.9 Å². The molecular formula is C36H36F6N4O8. The van der Waals surface area contributed by atoms with E-state index in [1.54, 1.807) is 13.3 Å². The molecule has 6 rings (SSSR count). The van der Waals surface area contributed by atoms with Crippen molar-refractivity contribution in [2.75, 3.05) is 32.2 Å². The van der Waals surface area contributed by atoms with E-state index in [2.05, 4.69) is 44.7 Å². The maximum Gasteiger partial charge on any atom is 0.490 e. The number of aliphatic carboxylic acids is 2. The lowest BCUT2D eigenvalue weighted by molar-refractivity contribution is -0.193. The van der Waals surface area contributed by atoms with Crippen LogP contribution in [0.5, 0.6) is 17.2 Å². The average molecular weight is 767 g/mol. The molecule has 3 aromatic carbocycles. The van der Waals surface area contributed by atoms with E-state index in [4.69, 9.17) is 34.0 Å². The predicted octanol–water partition coefficient (Wildman–Crippen LogP) is 6.59. The summed E-state index contributed by atoms with van der Waals surface area (Å²) in [5, 5.41) is 24.3. The zero-order chi connectivity index (χ0) is 39.5. The van der Waals surface area contributed by atoms with Gasteiger partial charge in [0.1, 0.15) is 30.5 Å². The highest BCUT2D eigenvalue weighted by molar-refractivity contribution is 5.95. The van der Waals surface area contributed by atoms with Gasteiger partial charge in [-0.2, -0.15) is 31.4 Å². The number of rotatable bonds is 9. The second kappa shape index (κ2) is 18.3. The van der Waals surface area contributed by atoms with Gasteiger partial charge in [-0.05, 0) is 72.8 Å². The van der Waals surface area contributed by atoms with Crippen LogP contribution in [0, 0.1) is 5.92 Å². The topological polar surface area (TPSA) is 163 Å². The molecule has 0 spiro atoms. The van der Waals surface area contributed by atoms with E-state index >= 15 is 0 Å². The van der Waals surface area contributed by atoms with Gasteiger partial charge >= 0.3 is 24.3 Å². The summed E-state index contributed by atoms with van der Waals surface area (Å²) in [6.07, 6.45) is -3.73. The molecule has 2 aliphatic rings. The lowest BCUT2D eigenvalue weighted by atomic mass is 9.95. The molecular weight excluding hydrogens is 730 g/mol. The molecule has 12 nitrogen and oxygen atoms in total. The van der Waals surface area contributed by atoms with Crippen molar-refractivity contribution in [1.29, 1.82) is 0 Å². The van der Waals surface area contributed by atoms with Gasteiger partial charge in [0.2, 0.25) is 5.91 Å². The highest BCUT2D eigenvalue weighted by atomic mass is 19.4. The number of carboxylic acid groups (broad SMARTS) is 2. The van der Waals surface area contributed by atoms with Crippen LogP contribution in [0.2, 0.25) is 0 Å². The highest BCUT2D eigenvalue weighted by Crippen LogP contribution is 2.34. The van der Waals surface area contributed by atoms with Crippen molar-refractivity contribution in [1.82, 2.24) is 15.1 Å². The number of nitrogens with one attached hydrogen (secondary N) is 2. The molecule has 1 unspecified atom stereocenters. The Labute approximate surface area is 304 Å². The fourth-order valence-electron chi connectivity index (χ4n) is 5.53.